The second kappa shape index (κ2) is 5.72. The minimum absolute atomic E-state index is 0.579. The zero-order chi connectivity index (χ0) is 14.9. The predicted molar refractivity (Wildman–Crippen MR) is 90.2 cm³/mol. The second-order valence-corrected chi connectivity index (χ2v) is 6.47. The van der Waals surface area contributed by atoms with Crippen LogP contribution in [0, 0.1) is 5.92 Å². The molecule has 1 saturated heterocycles. The van der Waals surface area contributed by atoms with Gasteiger partial charge in [-0.1, -0.05) is 12.1 Å². The molecule has 0 radical (unpaired) electrons. The monoisotopic (exact) mass is 297 g/mol. The highest BCUT2D eigenvalue weighted by atomic mass is 15.2. The minimum atomic E-state index is 0.579. The van der Waals surface area contributed by atoms with E-state index in [1.807, 2.05) is 24.3 Å². The van der Waals surface area contributed by atoms with Gasteiger partial charge in [0, 0.05) is 19.1 Å². The summed E-state index contributed by atoms with van der Waals surface area (Å²) in [5.74, 6) is 2.62. The van der Waals surface area contributed by atoms with Crippen molar-refractivity contribution in [1.82, 2.24) is 9.97 Å². The third-order valence-corrected chi connectivity index (χ3v) is 4.72. The number of nitrogens with zero attached hydrogens (tertiary/aromatic N) is 3. The van der Waals surface area contributed by atoms with Crippen LogP contribution in [-0.4, -0.2) is 35.6 Å². The number of nitrogens with one attached hydrogen (secondary N) is 1. The van der Waals surface area contributed by atoms with Crippen molar-refractivity contribution in [3.05, 3.63) is 24.3 Å². The van der Waals surface area contributed by atoms with Crippen molar-refractivity contribution in [3.8, 4) is 0 Å². The summed E-state index contributed by atoms with van der Waals surface area (Å²) in [7, 11) is 0. The van der Waals surface area contributed by atoms with Crippen molar-refractivity contribution >= 4 is 22.7 Å². The number of fused-ring (bicyclic) bond motifs is 1. The van der Waals surface area contributed by atoms with Crippen molar-refractivity contribution in [2.24, 2.45) is 11.7 Å². The van der Waals surface area contributed by atoms with E-state index in [0.29, 0.717) is 12.0 Å². The minimum Gasteiger partial charge on any atom is -0.364 e. The van der Waals surface area contributed by atoms with Crippen LogP contribution in [0.1, 0.15) is 25.7 Å². The van der Waals surface area contributed by atoms with Crippen LogP contribution in [0.2, 0.25) is 0 Å². The zero-order valence-corrected chi connectivity index (χ0v) is 12.8. The van der Waals surface area contributed by atoms with E-state index in [9.17, 15) is 0 Å². The van der Waals surface area contributed by atoms with Crippen molar-refractivity contribution < 1.29 is 0 Å². The van der Waals surface area contributed by atoms with E-state index in [4.69, 9.17) is 15.7 Å². The van der Waals surface area contributed by atoms with Gasteiger partial charge in [-0.3, -0.25) is 0 Å². The summed E-state index contributed by atoms with van der Waals surface area (Å²) in [5, 5.41) is 3.56. The first-order valence-electron chi connectivity index (χ1n) is 8.32. The molecule has 22 heavy (non-hydrogen) atoms. The maximum Gasteiger partial charge on any atom is 0.172 e. The molecule has 0 amide bonds. The van der Waals surface area contributed by atoms with E-state index in [1.54, 1.807) is 0 Å². The Morgan fingerprint density at radius 1 is 1.05 bits per heavy atom. The van der Waals surface area contributed by atoms with Crippen LogP contribution in [0.15, 0.2) is 24.3 Å². The van der Waals surface area contributed by atoms with Gasteiger partial charge in [0.25, 0.3) is 0 Å². The molecule has 5 heteroatoms. The summed E-state index contributed by atoms with van der Waals surface area (Å²) in [6.45, 7) is 2.84. The molecular weight excluding hydrogens is 274 g/mol. The molecule has 2 aromatic rings. The van der Waals surface area contributed by atoms with Crippen LogP contribution >= 0.6 is 0 Å². The summed E-state index contributed by atoms with van der Waals surface area (Å²) < 4.78 is 0. The molecule has 1 aromatic carbocycles. The first-order chi connectivity index (χ1) is 10.8. The molecule has 2 heterocycles. The lowest BCUT2D eigenvalue weighted by Gasteiger charge is -2.33. The molecule has 2 aliphatic rings. The summed E-state index contributed by atoms with van der Waals surface area (Å²) >= 11 is 0. The largest absolute Gasteiger partial charge is 0.364 e. The molecule has 0 atom stereocenters. The van der Waals surface area contributed by atoms with Crippen LogP contribution < -0.4 is 16.0 Å². The maximum atomic E-state index is 5.81. The number of nitrogens with two attached hydrogens (primary N) is 1. The SMILES string of the molecule is NCC1CCN(c2nc3ccccc3nc2NC2CC2)CC1. The number of piperidine rings is 1. The highest BCUT2D eigenvalue weighted by Gasteiger charge is 2.26. The topological polar surface area (TPSA) is 67.1 Å². The van der Waals surface area contributed by atoms with Gasteiger partial charge in [-0.2, -0.15) is 0 Å². The van der Waals surface area contributed by atoms with E-state index >= 15 is 0 Å². The molecule has 1 aliphatic heterocycles. The quantitative estimate of drug-likeness (QED) is 0.907. The van der Waals surface area contributed by atoms with Gasteiger partial charge < -0.3 is 16.0 Å². The van der Waals surface area contributed by atoms with Gasteiger partial charge in [0.15, 0.2) is 11.6 Å². The Morgan fingerprint density at radius 3 is 2.36 bits per heavy atom. The number of para-hydroxylation sites is 2. The Hall–Kier alpha value is -1.88. The van der Waals surface area contributed by atoms with Crippen molar-refractivity contribution in [3.63, 3.8) is 0 Å². The van der Waals surface area contributed by atoms with Crippen LogP contribution in [-0.2, 0) is 0 Å². The van der Waals surface area contributed by atoms with Crippen molar-refractivity contribution in [2.75, 3.05) is 29.9 Å². The highest BCUT2D eigenvalue weighted by molar-refractivity contribution is 5.80. The number of benzene rings is 1. The van der Waals surface area contributed by atoms with E-state index in [2.05, 4.69) is 10.2 Å². The van der Waals surface area contributed by atoms with Gasteiger partial charge in [-0.25, -0.2) is 9.97 Å². The number of aromatic nitrogens is 2. The second-order valence-electron chi connectivity index (χ2n) is 6.47. The Kier molecular flexibility index (Phi) is 3.58. The van der Waals surface area contributed by atoms with Gasteiger partial charge in [0.2, 0.25) is 0 Å². The first-order valence-corrected chi connectivity index (χ1v) is 8.32. The fraction of sp³-hybridized carbons (Fsp3) is 0.529. The molecule has 4 rings (SSSR count). The highest BCUT2D eigenvalue weighted by Crippen LogP contribution is 2.32. The summed E-state index contributed by atoms with van der Waals surface area (Å²) in [6, 6.07) is 8.69. The summed E-state index contributed by atoms with van der Waals surface area (Å²) in [5.41, 5.74) is 7.74. The van der Waals surface area contributed by atoms with Crippen LogP contribution in [0.3, 0.4) is 0 Å². The number of rotatable bonds is 4. The first kappa shape index (κ1) is 13.8. The number of anilines is 2. The van der Waals surface area contributed by atoms with E-state index in [0.717, 1.165) is 55.1 Å². The Labute approximate surface area is 130 Å². The molecular formula is C17H23N5. The normalized spacial score (nSPS) is 19.6. The molecule has 2 fully saturated rings. The van der Waals surface area contributed by atoms with Crippen LogP contribution in [0.25, 0.3) is 11.0 Å². The van der Waals surface area contributed by atoms with Gasteiger partial charge in [-0.05, 0) is 50.3 Å². The smallest absolute Gasteiger partial charge is 0.172 e. The Balaban J connectivity index is 1.67. The molecule has 1 saturated carbocycles. The fourth-order valence-electron chi connectivity index (χ4n) is 3.11. The average molecular weight is 297 g/mol. The Morgan fingerprint density at radius 2 is 1.73 bits per heavy atom. The average Bonchev–Trinajstić information content (AvgIpc) is 3.38. The lowest BCUT2D eigenvalue weighted by Crippen LogP contribution is -2.37. The summed E-state index contributed by atoms with van der Waals surface area (Å²) in [6.07, 6.45) is 4.77. The molecule has 0 spiro atoms. The van der Waals surface area contributed by atoms with Gasteiger partial charge >= 0.3 is 0 Å². The third-order valence-electron chi connectivity index (χ3n) is 4.72. The van der Waals surface area contributed by atoms with Crippen LogP contribution in [0.4, 0.5) is 11.6 Å². The van der Waals surface area contributed by atoms with Crippen molar-refractivity contribution in [1.29, 1.82) is 0 Å². The molecule has 0 unspecified atom stereocenters. The molecule has 0 bridgehead atoms. The molecule has 1 aliphatic carbocycles. The molecule has 5 nitrogen and oxygen atoms in total. The molecule has 1 aromatic heterocycles. The van der Waals surface area contributed by atoms with Crippen LogP contribution in [0.5, 0.6) is 0 Å². The van der Waals surface area contributed by atoms with E-state index in [1.165, 1.54) is 12.8 Å². The Bertz CT molecular complexity index is 659. The zero-order valence-electron chi connectivity index (χ0n) is 12.8. The lowest BCUT2D eigenvalue weighted by molar-refractivity contribution is 0.413. The number of hydrogen-bond donors (Lipinski definition) is 2. The fourth-order valence-corrected chi connectivity index (χ4v) is 3.11. The van der Waals surface area contributed by atoms with E-state index < -0.39 is 0 Å². The third kappa shape index (κ3) is 2.73. The standard InChI is InChI=1S/C17H23N5/c18-11-12-7-9-22(10-8-12)17-16(19-13-5-6-13)20-14-3-1-2-4-15(14)21-17/h1-4,12-13H,5-11,18H2,(H,19,20). The predicted octanol–water partition coefficient (Wildman–Crippen LogP) is 2.38. The lowest BCUT2D eigenvalue weighted by atomic mass is 9.97. The number of hydrogen-bond acceptors (Lipinski definition) is 5. The maximum absolute atomic E-state index is 5.81. The van der Waals surface area contributed by atoms with E-state index in [-0.39, 0.29) is 0 Å². The molecule has 116 valence electrons. The van der Waals surface area contributed by atoms with Crippen molar-refractivity contribution in [2.45, 2.75) is 31.7 Å². The summed E-state index contributed by atoms with van der Waals surface area (Å²) in [4.78, 5) is 12.1. The van der Waals surface area contributed by atoms with Gasteiger partial charge in [0.1, 0.15) is 0 Å². The molecule has 3 N–H and O–H groups in total. The van der Waals surface area contributed by atoms with Gasteiger partial charge in [-0.15, -0.1) is 0 Å². The van der Waals surface area contributed by atoms with Gasteiger partial charge in [0.05, 0.1) is 11.0 Å².